The molecule has 38 heavy (non-hydrogen) atoms. The number of carbonyl (C=O) groups excluding carboxylic acids is 3. The number of amides is 4. The Balaban J connectivity index is 1.69. The van der Waals surface area contributed by atoms with Crippen molar-refractivity contribution in [2.75, 3.05) is 11.5 Å². The second-order valence-corrected chi connectivity index (χ2v) is 10.4. The Morgan fingerprint density at radius 2 is 1.61 bits per heavy atom. The highest BCUT2D eigenvalue weighted by Crippen LogP contribution is 2.33. The number of hydrogen-bond acceptors (Lipinski definition) is 7. The van der Waals surface area contributed by atoms with Crippen molar-refractivity contribution < 1.29 is 31.7 Å². The normalized spacial score (nSPS) is 15.0. The van der Waals surface area contributed by atoms with Crippen LogP contribution in [-0.2, 0) is 19.7 Å². The van der Waals surface area contributed by atoms with Gasteiger partial charge in [0.25, 0.3) is 11.8 Å². The van der Waals surface area contributed by atoms with E-state index in [0.717, 1.165) is 4.90 Å². The molecule has 0 unspecified atom stereocenters. The lowest BCUT2D eigenvalue weighted by molar-refractivity contribution is -0.122. The first-order chi connectivity index (χ1) is 18.0. The first kappa shape index (κ1) is 27.2. The van der Waals surface area contributed by atoms with Crippen LogP contribution >= 0.6 is 23.2 Å². The summed E-state index contributed by atoms with van der Waals surface area (Å²) >= 11 is 11.9. The van der Waals surface area contributed by atoms with E-state index in [1.807, 2.05) is 0 Å². The molecule has 0 spiro atoms. The molecular weight excluding hydrogens is 555 g/mol. The van der Waals surface area contributed by atoms with Crippen molar-refractivity contribution >= 4 is 62.9 Å². The average molecular weight is 575 g/mol. The van der Waals surface area contributed by atoms with Crippen molar-refractivity contribution in [3.63, 3.8) is 0 Å². The van der Waals surface area contributed by atoms with Gasteiger partial charge in [-0.1, -0.05) is 35.3 Å². The molecule has 0 radical (unpaired) electrons. The number of barbiturate groups is 1. The molecule has 196 valence electrons. The highest BCUT2D eigenvalue weighted by Gasteiger charge is 2.37. The van der Waals surface area contributed by atoms with Gasteiger partial charge in [0.2, 0.25) is 0 Å². The first-order valence-corrected chi connectivity index (χ1v) is 13.3. The molecule has 0 aromatic heterocycles. The van der Waals surface area contributed by atoms with Crippen molar-refractivity contribution in [2.45, 2.75) is 18.7 Å². The molecular formula is C26H20Cl2N2O7S. The van der Waals surface area contributed by atoms with E-state index in [4.69, 9.17) is 32.1 Å². The molecule has 1 heterocycles. The third-order valence-corrected chi connectivity index (χ3v) is 7.13. The average Bonchev–Trinajstić information content (AvgIpc) is 2.85. The van der Waals surface area contributed by atoms with Crippen molar-refractivity contribution in [2.24, 2.45) is 0 Å². The summed E-state index contributed by atoms with van der Waals surface area (Å²) in [7, 11) is -4.21. The summed E-state index contributed by atoms with van der Waals surface area (Å²) in [6.45, 7) is 3.56. The van der Waals surface area contributed by atoms with E-state index in [2.05, 4.69) is 5.32 Å². The molecule has 1 N–H and O–H groups in total. The first-order valence-electron chi connectivity index (χ1n) is 11.1. The zero-order chi connectivity index (χ0) is 27.6. The quantitative estimate of drug-likeness (QED) is 0.236. The maximum atomic E-state index is 13.2. The Morgan fingerprint density at radius 1 is 0.921 bits per heavy atom. The van der Waals surface area contributed by atoms with Crippen LogP contribution in [0.3, 0.4) is 0 Å². The number of nitrogens with zero attached hydrogens (tertiary/aromatic N) is 1. The third-order valence-electron chi connectivity index (χ3n) is 5.39. The Kier molecular flexibility index (Phi) is 7.77. The standard InChI is InChI=1S/C26H20Cl2N2O7S/c1-3-36-23-13-16(5-11-22(23)37-38(34,35)19-9-7-17(27)8-10-19)12-20-24(31)29-26(33)30(25(20)32)21-14-18(28)6-4-15(21)2/h4-14H,3H2,1-2H3,(H,29,31,33)/b20-12+. The van der Waals surface area contributed by atoms with Gasteiger partial charge in [-0.05, 0) is 79.6 Å². The second-order valence-electron chi connectivity index (χ2n) is 8.02. The largest absolute Gasteiger partial charge is 0.490 e. The molecule has 0 bridgehead atoms. The van der Waals surface area contributed by atoms with Gasteiger partial charge in [0.05, 0.1) is 12.3 Å². The van der Waals surface area contributed by atoms with Crippen LogP contribution in [0.15, 0.2) is 71.1 Å². The van der Waals surface area contributed by atoms with E-state index in [0.29, 0.717) is 21.2 Å². The summed E-state index contributed by atoms with van der Waals surface area (Å²) in [5.41, 5.74) is 0.812. The summed E-state index contributed by atoms with van der Waals surface area (Å²) in [4.78, 5) is 39.1. The minimum atomic E-state index is -4.21. The molecule has 9 nitrogen and oxygen atoms in total. The number of hydrogen-bond donors (Lipinski definition) is 1. The molecule has 12 heteroatoms. The van der Waals surface area contributed by atoms with E-state index < -0.39 is 28.0 Å². The molecule has 0 atom stereocenters. The lowest BCUT2D eigenvalue weighted by Crippen LogP contribution is -2.54. The Bertz CT molecular complexity index is 1590. The monoisotopic (exact) mass is 574 g/mol. The maximum Gasteiger partial charge on any atom is 0.339 e. The van der Waals surface area contributed by atoms with Gasteiger partial charge in [-0.3, -0.25) is 14.9 Å². The van der Waals surface area contributed by atoms with Crippen LogP contribution in [0.25, 0.3) is 6.08 Å². The van der Waals surface area contributed by atoms with E-state index in [-0.39, 0.29) is 34.3 Å². The number of halogens is 2. The molecule has 1 saturated heterocycles. The predicted octanol–water partition coefficient (Wildman–Crippen LogP) is 5.13. The Morgan fingerprint density at radius 3 is 2.29 bits per heavy atom. The number of aryl methyl sites for hydroxylation is 1. The van der Waals surface area contributed by atoms with Crippen LogP contribution in [0.1, 0.15) is 18.1 Å². The van der Waals surface area contributed by atoms with Crippen LogP contribution in [0.2, 0.25) is 10.0 Å². The van der Waals surface area contributed by atoms with E-state index in [1.165, 1.54) is 54.6 Å². The fourth-order valence-corrected chi connectivity index (χ4v) is 4.82. The minimum absolute atomic E-state index is 0.0571. The summed E-state index contributed by atoms with van der Waals surface area (Å²) in [5, 5.41) is 2.82. The maximum absolute atomic E-state index is 13.2. The molecule has 1 aliphatic heterocycles. The molecule has 0 saturated carbocycles. The lowest BCUT2D eigenvalue weighted by atomic mass is 10.1. The molecule has 0 aliphatic carbocycles. The van der Waals surface area contributed by atoms with Crippen molar-refractivity contribution in [3.8, 4) is 11.5 Å². The van der Waals surface area contributed by atoms with E-state index in [9.17, 15) is 22.8 Å². The molecule has 3 aromatic carbocycles. The molecule has 3 aromatic rings. The summed E-state index contributed by atoms with van der Waals surface area (Å²) in [5.74, 6) is -1.79. The highest BCUT2D eigenvalue weighted by molar-refractivity contribution is 7.87. The minimum Gasteiger partial charge on any atom is -0.490 e. The summed E-state index contributed by atoms with van der Waals surface area (Å²) < 4.78 is 36.3. The summed E-state index contributed by atoms with van der Waals surface area (Å²) in [6, 6.07) is 13.4. The number of nitrogens with one attached hydrogen (secondary N) is 1. The summed E-state index contributed by atoms with van der Waals surface area (Å²) in [6.07, 6.45) is 1.26. The van der Waals surface area contributed by atoms with E-state index >= 15 is 0 Å². The van der Waals surface area contributed by atoms with E-state index in [1.54, 1.807) is 26.0 Å². The Hall–Kier alpha value is -3.86. The van der Waals surface area contributed by atoms with Crippen LogP contribution < -0.4 is 19.1 Å². The van der Waals surface area contributed by atoms with Gasteiger partial charge >= 0.3 is 16.1 Å². The fraction of sp³-hybridized carbons (Fsp3) is 0.115. The number of urea groups is 1. The van der Waals surface area contributed by atoms with Crippen LogP contribution in [0, 0.1) is 6.92 Å². The van der Waals surface area contributed by atoms with Gasteiger partial charge in [0.15, 0.2) is 11.5 Å². The van der Waals surface area contributed by atoms with Crippen molar-refractivity contribution in [1.82, 2.24) is 5.32 Å². The molecule has 4 amide bonds. The highest BCUT2D eigenvalue weighted by atomic mass is 35.5. The van der Waals surface area contributed by atoms with Gasteiger partial charge in [-0.25, -0.2) is 9.69 Å². The van der Waals surface area contributed by atoms with Gasteiger partial charge in [-0.15, -0.1) is 0 Å². The predicted molar refractivity (Wildman–Crippen MR) is 142 cm³/mol. The molecule has 1 fully saturated rings. The lowest BCUT2D eigenvalue weighted by Gasteiger charge is -2.27. The topological polar surface area (TPSA) is 119 Å². The number of imide groups is 2. The number of benzene rings is 3. The second kappa shape index (κ2) is 10.9. The number of anilines is 1. The van der Waals surface area contributed by atoms with Crippen LogP contribution in [0.5, 0.6) is 11.5 Å². The third kappa shape index (κ3) is 5.67. The zero-order valence-electron chi connectivity index (χ0n) is 20.0. The van der Waals surface area contributed by atoms with Gasteiger partial charge in [0, 0.05) is 10.0 Å². The SMILES string of the molecule is CCOc1cc(/C=C2\C(=O)NC(=O)N(c3cc(Cl)ccc3C)C2=O)ccc1OS(=O)(=O)c1ccc(Cl)cc1. The number of rotatable bonds is 7. The fourth-order valence-electron chi connectivity index (χ4n) is 3.59. The Labute approximate surface area is 228 Å². The van der Waals surface area contributed by atoms with Crippen molar-refractivity contribution in [3.05, 3.63) is 87.4 Å². The van der Waals surface area contributed by atoms with Gasteiger partial charge in [-0.2, -0.15) is 8.42 Å². The van der Waals surface area contributed by atoms with Gasteiger partial charge in [0.1, 0.15) is 10.5 Å². The molecule has 4 rings (SSSR count). The van der Waals surface area contributed by atoms with Gasteiger partial charge < -0.3 is 8.92 Å². The number of carbonyl (C=O) groups is 3. The van der Waals surface area contributed by atoms with Crippen LogP contribution in [-0.4, -0.2) is 32.9 Å². The van der Waals surface area contributed by atoms with Crippen molar-refractivity contribution in [1.29, 1.82) is 0 Å². The smallest absolute Gasteiger partial charge is 0.339 e. The van der Waals surface area contributed by atoms with Crippen LogP contribution in [0.4, 0.5) is 10.5 Å². The number of ether oxygens (including phenoxy) is 1. The molecule has 1 aliphatic rings. The zero-order valence-corrected chi connectivity index (χ0v) is 22.4.